The van der Waals surface area contributed by atoms with Crippen LogP contribution in [0.5, 0.6) is 0 Å². The van der Waals surface area contributed by atoms with E-state index in [4.69, 9.17) is 4.74 Å². The van der Waals surface area contributed by atoms with Gasteiger partial charge in [0.2, 0.25) is 0 Å². The number of nitrogens with one attached hydrogen (secondary N) is 2. The maximum Gasteiger partial charge on any atom is 0.250 e. The molecule has 0 aliphatic carbocycles. The number of carbonyl (C=O) groups excluding carboxylic acids is 1. The van der Waals surface area contributed by atoms with E-state index >= 15 is 0 Å². The minimum absolute atomic E-state index is 0.0157. The van der Waals surface area contributed by atoms with E-state index in [9.17, 15) is 4.79 Å². The molecule has 5 nitrogen and oxygen atoms in total. The van der Waals surface area contributed by atoms with E-state index in [1.54, 1.807) is 0 Å². The van der Waals surface area contributed by atoms with Gasteiger partial charge in [0.15, 0.2) is 0 Å². The molecule has 110 valence electrons. The van der Waals surface area contributed by atoms with Gasteiger partial charge >= 0.3 is 0 Å². The monoisotopic (exact) mass is 277 g/mol. The first-order valence-electron chi connectivity index (χ1n) is 7.10. The number of carbonyl (C=O) groups is 1. The molecule has 1 heterocycles. The summed E-state index contributed by atoms with van der Waals surface area (Å²) in [4.78, 5) is 14.2. The highest BCUT2D eigenvalue weighted by molar-refractivity contribution is 5.81. The number of morpholine rings is 1. The summed E-state index contributed by atoms with van der Waals surface area (Å²) in [6, 6.07) is 10.3. The van der Waals surface area contributed by atoms with E-state index in [1.165, 1.54) is 5.56 Å². The minimum Gasteiger partial charge on any atom is -0.366 e. The van der Waals surface area contributed by atoms with E-state index in [0.29, 0.717) is 19.7 Å². The molecule has 0 saturated carbocycles. The number of likely N-dealkylation sites (N-methyl/N-ethyl adjacent to an activating group) is 1. The number of ether oxygens (including phenoxy) is 1. The molecule has 0 radical (unpaired) electrons. The van der Waals surface area contributed by atoms with Crippen molar-refractivity contribution >= 4 is 5.91 Å². The molecule has 2 N–H and O–H groups in total. The van der Waals surface area contributed by atoms with Gasteiger partial charge in [-0.2, -0.15) is 0 Å². The highest BCUT2D eigenvalue weighted by Crippen LogP contribution is 2.10. The average molecular weight is 277 g/mol. The molecule has 5 heteroatoms. The van der Waals surface area contributed by atoms with Gasteiger partial charge in [-0.15, -0.1) is 0 Å². The van der Waals surface area contributed by atoms with Crippen molar-refractivity contribution in [2.24, 2.45) is 0 Å². The lowest BCUT2D eigenvalue weighted by Gasteiger charge is -2.32. The Hall–Kier alpha value is -1.43. The predicted molar refractivity (Wildman–Crippen MR) is 78.4 cm³/mol. The molecule has 20 heavy (non-hydrogen) atoms. The lowest BCUT2D eigenvalue weighted by molar-refractivity contribution is -0.138. The van der Waals surface area contributed by atoms with Crippen LogP contribution in [0.15, 0.2) is 30.3 Å². The molecule has 1 saturated heterocycles. The van der Waals surface area contributed by atoms with E-state index in [1.807, 2.05) is 25.2 Å². The molecule has 1 aromatic rings. The summed E-state index contributed by atoms with van der Waals surface area (Å²) in [6.07, 6.45) is -0.357. The van der Waals surface area contributed by atoms with Crippen molar-refractivity contribution in [3.63, 3.8) is 0 Å². The summed E-state index contributed by atoms with van der Waals surface area (Å²) in [5.74, 6) is -0.0157. The molecule has 1 unspecified atom stereocenters. The van der Waals surface area contributed by atoms with Gasteiger partial charge < -0.3 is 15.4 Å². The summed E-state index contributed by atoms with van der Waals surface area (Å²) in [5.41, 5.74) is 1.27. The second kappa shape index (κ2) is 7.99. The lowest BCUT2D eigenvalue weighted by atomic mass is 10.2. The van der Waals surface area contributed by atoms with E-state index < -0.39 is 0 Å². The van der Waals surface area contributed by atoms with Crippen LogP contribution in [0.4, 0.5) is 0 Å². The standard InChI is InChI=1S/C15H23N3O2/c1-16-7-8-17-15(19)14-12-18(9-10-20-14)11-13-5-3-2-4-6-13/h2-6,14,16H,7-12H2,1H3,(H,17,19). The van der Waals surface area contributed by atoms with Crippen molar-refractivity contribution in [1.82, 2.24) is 15.5 Å². The van der Waals surface area contributed by atoms with Crippen LogP contribution in [0.3, 0.4) is 0 Å². The van der Waals surface area contributed by atoms with Crippen molar-refractivity contribution in [3.8, 4) is 0 Å². The second-order valence-corrected chi connectivity index (χ2v) is 4.97. The summed E-state index contributed by atoms with van der Waals surface area (Å²) >= 11 is 0. The third-order valence-corrected chi connectivity index (χ3v) is 3.37. The van der Waals surface area contributed by atoms with Crippen molar-refractivity contribution in [2.45, 2.75) is 12.6 Å². The average Bonchev–Trinajstić information content (AvgIpc) is 2.49. The van der Waals surface area contributed by atoms with Crippen LogP contribution in [0.2, 0.25) is 0 Å². The fraction of sp³-hybridized carbons (Fsp3) is 0.533. The Morgan fingerprint density at radius 2 is 2.15 bits per heavy atom. The molecule has 1 aliphatic heterocycles. The highest BCUT2D eigenvalue weighted by atomic mass is 16.5. The molecule has 1 atom stereocenters. The molecule has 2 rings (SSSR count). The first-order chi connectivity index (χ1) is 9.79. The predicted octanol–water partition coefficient (Wildman–Crippen LogP) is 0.223. The third kappa shape index (κ3) is 4.59. The summed E-state index contributed by atoms with van der Waals surface area (Å²) in [5, 5.41) is 5.89. The van der Waals surface area contributed by atoms with Gasteiger partial charge in [-0.05, 0) is 12.6 Å². The summed E-state index contributed by atoms with van der Waals surface area (Å²) in [6.45, 7) is 4.40. The van der Waals surface area contributed by atoms with E-state index in [-0.39, 0.29) is 12.0 Å². The van der Waals surface area contributed by atoms with Crippen LogP contribution in [-0.2, 0) is 16.1 Å². The number of amides is 1. The van der Waals surface area contributed by atoms with Gasteiger partial charge in [-0.1, -0.05) is 30.3 Å². The third-order valence-electron chi connectivity index (χ3n) is 3.37. The van der Waals surface area contributed by atoms with Gasteiger partial charge in [0.1, 0.15) is 6.10 Å². The molecular formula is C15H23N3O2. The Morgan fingerprint density at radius 3 is 2.90 bits per heavy atom. The van der Waals surface area contributed by atoms with Crippen LogP contribution < -0.4 is 10.6 Å². The fourth-order valence-electron chi connectivity index (χ4n) is 2.27. The summed E-state index contributed by atoms with van der Waals surface area (Å²) in [7, 11) is 1.87. The normalized spacial score (nSPS) is 19.8. The van der Waals surface area contributed by atoms with Crippen LogP contribution in [0.25, 0.3) is 0 Å². The van der Waals surface area contributed by atoms with E-state index in [0.717, 1.165) is 19.6 Å². The molecule has 1 amide bonds. The van der Waals surface area contributed by atoms with Gasteiger partial charge in [-0.3, -0.25) is 9.69 Å². The maximum absolute atomic E-state index is 12.0. The zero-order valence-electron chi connectivity index (χ0n) is 12.0. The molecule has 0 aromatic heterocycles. The van der Waals surface area contributed by atoms with Crippen molar-refractivity contribution < 1.29 is 9.53 Å². The van der Waals surface area contributed by atoms with Crippen LogP contribution >= 0.6 is 0 Å². The van der Waals surface area contributed by atoms with Gasteiger partial charge in [0.05, 0.1) is 6.61 Å². The zero-order chi connectivity index (χ0) is 14.2. The molecule has 1 aliphatic rings. The molecule has 0 spiro atoms. The Bertz CT molecular complexity index is 411. The maximum atomic E-state index is 12.0. The van der Waals surface area contributed by atoms with Crippen molar-refractivity contribution in [3.05, 3.63) is 35.9 Å². The minimum atomic E-state index is -0.357. The Balaban J connectivity index is 1.80. The summed E-state index contributed by atoms with van der Waals surface area (Å²) < 4.78 is 5.56. The zero-order valence-corrected chi connectivity index (χ0v) is 12.0. The number of hydrogen-bond donors (Lipinski definition) is 2. The number of benzene rings is 1. The topological polar surface area (TPSA) is 53.6 Å². The number of hydrogen-bond acceptors (Lipinski definition) is 4. The Labute approximate surface area is 120 Å². The van der Waals surface area contributed by atoms with Crippen LogP contribution in [0.1, 0.15) is 5.56 Å². The smallest absolute Gasteiger partial charge is 0.250 e. The largest absolute Gasteiger partial charge is 0.366 e. The van der Waals surface area contributed by atoms with Crippen LogP contribution in [-0.4, -0.2) is 56.7 Å². The second-order valence-electron chi connectivity index (χ2n) is 4.97. The number of rotatable bonds is 6. The molecule has 0 bridgehead atoms. The Kier molecular flexibility index (Phi) is 5.98. The Morgan fingerprint density at radius 1 is 1.35 bits per heavy atom. The van der Waals surface area contributed by atoms with Gasteiger partial charge in [-0.25, -0.2) is 0 Å². The molecule has 1 aromatic carbocycles. The van der Waals surface area contributed by atoms with E-state index in [2.05, 4.69) is 27.7 Å². The quantitative estimate of drug-likeness (QED) is 0.731. The number of nitrogens with zero attached hydrogens (tertiary/aromatic N) is 1. The van der Waals surface area contributed by atoms with Gasteiger partial charge in [0, 0.05) is 32.7 Å². The van der Waals surface area contributed by atoms with Crippen molar-refractivity contribution in [2.75, 3.05) is 39.8 Å². The van der Waals surface area contributed by atoms with Crippen molar-refractivity contribution in [1.29, 1.82) is 0 Å². The first kappa shape index (κ1) is 15.0. The molecular weight excluding hydrogens is 254 g/mol. The van der Waals surface area contributed by atoms with Crippen LogP contribution in [0, 0.1) is 0 Å². The van der Waals surface area contributed by atoms with Gasteiger partial charge in [0.25, 0.3) is 5.91 Å². The SMILES string of the molecule is CNCCNC(=O)C1CN(Cc2ccccc2)CCO1. The highest BCUT2D eigenvalue weighted by Gasteiger charge is 2.26. The lowest BCUT2D eigenvalue weighted by Crippen LogP contribution is -2.50. The first-order valence-corrected chi connectivity index (χ1v) is 7.10. The fourth-order valence-corrected chi connectivity index (χ4v) is 2.27. The molecule has 1 fully saturated rings.